The molecule has 5 aromatic rings. The number of Topliss-reactive ketones (excluding diaryl/α,β-unsaturated/α-hetero) is 1. The summed E-state index contributed by atoms with van der Waals surface area (Å²) in [7, 11) is 0. The van der Waals surface area contributed by atoms with Gasteiger partial charge < -0.3 is 4.90 Å². The molecule has 44 heavy (non-hydrogen) atoms. The van der Waals surface area contributed by atoms with Crippen molar-refractivity contribution in [1.82, 2.24) is 0 Å². The van der Waals surface area contributed by atoms with Gasteiger partial charge in [-0.1, -0.05) is 146 Å². The Balaban J connectivity index is 1.59. The Kier molecular flexibility index (Phi) is 7.14. The van der Waals surface area contributed by atoms with Crippen molar-refractivity contribution in [2.45, 2.75) is 31.2 Å². The first kappa shape index (κ1) is 27.9. The van der Waals surface area contributed by atoms with Gasteiger partial charge in [0.15, 0.2) is 5.78 Å². The molecule has 2 nitrogen and oxygen atoms in total. The van der Waals surface area contributed by atoms with Crippen molar-refractivity contribution in [3.63, 3.8) is 0 Å². The van der Waals surface area contributed by atoms with E-state index < -0.39 is 16.9 Å². The summed E-state index contributed by atoms with van der Waals surface area (Å²) in [6.07, 6.45) is 5.52. The number of likely N-dealkylation sites (N-methyl/N-ethyl adjacent to an activating group) is 1. The predicted molar refractivity (Wildman–Crippen MR) is 183 cm³/mol. The summed E-state index contributed by atoms with van der Waals surface area (Å²) < 4.78 is 0. The number of nitrogens with zero attached hydrogens (tertiary/aromatic N) is 1. The molecule has 2 aliphatic rings. The standard InChI is InChI=1S/C42H37NO/c1-3-43-38-27-17-16-26-37(38)41(2,29-31-18-8-4-9-19-31)42(43)30-35(32-20-10-5-11-21-32)28-36(33-22-12-6-13-23-33)39(42)40(44)34-24-14-7-15-25-34/h4-28,30,39H,3,29H2,1-2H3/t39-,41+,42-/m0/s1. The predicted octanol–water partition coefficient (Wildman–Crippen LogP) is 9.45. The Morgan fingerprint density at radius 2 is 1.23 bits per heavy atom. The number of rotatable bonds is 7. The monoisotopic (exact) mass is 571 g/mol. The second-order valence-electron chi connectivity index (χ2n) is 12.2. The molecule has 0 amide bonds. The zero-order valence-corrected chi connectivity index (χ0v) is 25.4. The van der Waals surface area contributed by atoms with E-state index in [1.54, 1.807) is 0 Å². The smallest absolute Gasteiger partial charge is 0.173 e. The van der Waals surface area contributed by atoms with Gasteiger partial charge in [0.05, 0.1) is 11.5 Å². The third-order valence-electron chi connectivity index (χ3n) is 9.81. The van der Waals surface area contributed by atoms with E-state index in [0.29, 0.717) is 0 Å². The maximum absolute atomic E-state index is 15.2. The summed E-state index contributed by atoms with van der Waals surface area (Å²) in [5.41, 5.74) is 7.80. The molecular formula is C42H37NO. The third-order valence-corrected chi connectivity index (χ3v) is 9.81. The van der Waals surface area contributed by atoms with Gasteiger partial charge in [0.2, 0.25) is 0 Å². The van der Waals surface area contributed by atoms with E-state index in [0.717, 1.165) is 40.8 Å². The number of hydrogen-bond acceptors (Lipinski definition) is 2. The molecule has 0 radical (unpaired) electrons. The zero-order chi connectivity index (χ0) is 30.1. The highest BCUT2D eigenvalue weighted by molar-refractivity contribution is 6.10. The summed E-state index contributed by atoms with van der Waals surface area (Å²) >= 11 is 0. The van der Waals surface area contributed by atoms with E-state index in [4.69, 9.17) is 0 Å². The molecule has 3 atom stereocenters. The van der Waals surface area contributed by atoms with Gasteiger partial charge in [0, 0.05) is 23.2 Å². The minimum Gasteiger partial charge on any atom is -0.360 e. The second kappa shape index (κ2) is 11.3. The van der Waals surface area contributed by atoms with Crippen LogP contribution in [0.1, 0.15) is 46.5 Å². The highest BCUT2D eigenvalue weighted by Crippen LogP contribution is 2.62. The molecular weight excluding hydrogens is 534 g/mol. The van der Waals surface area contributed by atoms with E-state index in [9.17, 15) is 0 Å². The van der Waals surface area contributed by atoms with Gasteiger partial charge in [-0.15, -0.1) is 0 Å². The minimum absolute atomic E-state index is 0.148. The lowest BCUT2D eigenvalue weighted by atomic mass is 9.54. The SMILES string of the molecule is CCN1c2ccccc2[C@@](C)(Cc2ccccc2)[C@@]12C=C(c1ccccc1)C=C(c1ccccc1)[C@H]2C(=O)c1ccccc1. The first-order chi connectivity index (χ1) is 21.6. The zero-order valence-electron chi connectivity index (χ0n) is 25.4. The molecule has 1 aliphatic carbocycles. The van der Waals surface area contributed by atoms with Crippen molar-refractivity contribution in [3.8, 4) is 0 Å². The Morgan fingerprint density at radius 3 is 1.86 bits per heavy atom. The van der Waals surface area contributed by atoms with Crippen LogP contribution in [-0.4, -0.2) is 17.9 Å². The van der Waals surface area contributed by atoms with Gasteiger partial charge in [-0.25, -0.2) is 0 Å². The number of para-hydroxylation sites is 1. The molecule has 1 spiro atoms. The maximum atomic E-state index is 15.2. The Morgan fingerprint density at radius 1 is 0.682 bits per heavy atom. The summed E-state index contributed by atoms with van der Waals surface area (Å²) in [5.74, 6) is -0.310. The van der Waals surface area contributed by atoms with Crippen LogP contribution in [0.3, 0.4) is 0 Å². The lowest BCUT2D eigenvalue weighted by molar-refractivity contribution is 0.0876. The lowest BCUT2D eigenvalue weighted by Crippen LogP contribution is -2.64. The van der Waals surface area contributed by atoms with Crippen LogP contribution in [0, 0.1) is 5.92 Å². The van der Waals surface area contributed by atoms with Crippen molar-refractivity contribution in [1.29, 1.82) is 0 Å². The van der Waals surface area contributed by atoms with Crippen LogP contribution < -0.4 is 4.90 Å². The van der Waals surface area contributed by atoms with Crippen molar-refractivity contribution < 1.29 is 4.79 Å². The van der Waals surface area contributed by atoms with E-state index in [1.165, 1.54) is 16.8 Å². The highest BCUT2D eigenvalue weighted by Gasteiger charge is 2.64. The quantitative estimate of drug-likeness (QED) is 0.181. The average Bonchev–Trinajstić information content (AvgIpc) is 3.28. The molecule has 1 aliphatic heterocycles. The second-order valence-corrected chi connectivity index (χ2v) is 12.2. The van der Waals surface area contributed by atoms with E-state index in [-0.39, 0.29) is 5.78 Å². The molecule has 0 unspecified atom stereocenters. The largest absolute Gasteiger partial charge is 0.360 e. The van der Waals surface area contributed by atoms with Gasteiger partial charge in [-0.2, -0.15) is 0 Å². The number of carbonyl (C=O) groups is 1. The summed E-state index contributed by atoms with van der Waals surface area (Å²) in [5, 5.41) is 0. The maximum Gasteiger partial charge on any atom is 0.173 e. The molecule has 2 heteroatoms. The fourth-order valence-corrected chi connectivity index (χ4v) is 7.91. The number of fused-ring (bicyclic) bond motifs is 1. The van der Waals surface area contributed by atoms with Crippen molar-refractivity contribution >= 4 is 22.6 Å². The van der Waals surface area contributed by atoms with Crippen LogP contribution in [-0.2, 0) is 11.8 Å². The van der Waals surface area contributed by atoms with Crippen molar-refractivity contribution in [3.05, 3.63) is 186 Å². The van der Waals surface area contributed by atoms with Gasteiger partial charge >= 0.3 is 0 Å². The Hall–Kier alpha value is -4.95. The number of benzene rings is 5. The Bertz CT molecular complexity index is 1840. The third kappa shape index (κ3) is 4.36. The summed E-state index contributed by atoms with van der Waals surface area (Å²) in [4.78, 5) is 17.8. The number of anilines is 1. The van der Waals surface area contributed by atoms with Gasteiger partial charge in [0.25, 0.3) is 0 Å². The van der Waals surface area contributed by atoms with E-state index in [2.05, 4.69) is 140 Å². The molecule has 0 bridgehead atoms. The van der Waals surface area contributed by atoms with Crippen LogP contribution >= 0.6 is 0 Å². The number of hydrogen-bond donors (Lipinski definition) is 0. The van der Waals surface area contributed by atoms with E-state index >= 15 is 4.79 Å². The molecule has 5 aromatic carbocycles. The van der Waals surface area contributed by atoms with Crippen LogP contribution in [0.25, 0.3) is 11.1 Å². The summed E-state index contributed by atoms with van der Waals surface area (Å²) in [6, 6.07) is 50.7. The van der Waals surface area contributed by atoms with Gasteiger partial charge in [0.1, 0.15) is 0 Å². The molecule has 7 rings (SSSR count). The van der Waals surface area contributed by atoms with Crippen LogP contribution in [0.4, 0.5) is 5.69 Å². The Labute approximate surface area is 261 Å². The van der Waals surface area contributed by atoms with E-state index in [1.807, 2.05) is 36.4 Å². The average molecular weight is 572 g/mol. The first-order valence-electron chi connectivity index (χ1n) is 15.6. The molecule has 0 aromatic heterocycles. The minimum atomic E-state index is -0.695. The highest BCUT2D eigenvalue weighted by atomic mass is 16.1. The molecule has 0 saturated heterocycles. The lowest BCUT2D eigenvalue weighted by Gasteiger charge is -2.54. The van der Waals surface area contributed by atoms with Gasteiger partial charge in [-0.05, 0) is 65.0 Å². The molecule has 0 fully saturated rings. The number of allylic oxidation sites excluding steroid dienone is 2. The van der Waals surface area contributed by atoms with Crippen molar-refractivity contribution in [2.24, 2.45) is 5.92 Å². The van der Waals surface area contributed by atoms with Crippen molar-refractivity contribution in [2.75, 3.05) is 11.4 Å². The normalized spacial score (nSPS) is 22.3. The van der Waals surface area contributed by atoms with Gasteiger partial charge in [-0.3, -0.25) is 4.79 Å². The molecule has 1 heterocycles. The molecule has 0 saturated carbocycles. The number of ketones is 1. The number of carbonyl (C=O) groups excluding carboxylic acids is 1. The molecule has 0 N–H and O–H groups in total. The topological polar surface area (TPSA) is 20.3 Å². The first-order valence-corrected chi connectivity index (χ1v) is 15.6. The fourth-order valence-electron chi connectivity index (χ4n) is 7.91. The van der Waals surface area contributed by atoms with Crippen LogP contribution in [0.5, 0.6) is 0 Å². The van der Waals surface area contributed by atoms with Crippen LogP contribution in [0.2, 0.25) is 0 Å². The molecule has 216 valence electrons. The van der Waals surface area contributed by atoms with Crippen LogP contribution in [0.15, 0.2) is 158 Å². The summed E-state index contributed by atoms with van der Waals surface area (Å²) in [6.45, 7) is 5.39. The fraction of sp³-hybridized carbons (Fsp3) is 0.167.